The van der Waals surface area contributed by atoms with Crippen LogP contribution in [0.15, 0.2) is 134 Å². The van der Waals surface area contributed by atoms with E-state index in [-0.39, 0.29) is 0 Å². The molecule has 0 saturated heterocycles. The van der Waals surface area contributed by atoms with Crippen molar-refractivity contribution in [2.75, 3.05) is 0 Å². The predicted octanol–water partition coefficient (Wildman–Crippen LogP) is 8.67. The summed E-state index contributed by atoms with van der Waals surface area (Å²) < 4.78 is 2.46. The Hall–Kier alpha value is -4.69. The van der Waals surface area contributed by atoms with E-state index in [0.29, 0.717) is 0 Å². The molecular weight excluding hydrogens is 424 g/mol. The molecule has 0 radical (unpaired) electrons. The molecule has 2 heteroatoms. The van der Waals surface area contributed by atoms with Gasteiger partial charge in [-0.1, -0.05) is 115 Å². The largest absolute Gasteiger partial charge is 0.307 e. The fraction of sp³-hybridized carbons (Fsp3) is 0. The van der Waals surface area contributed by atoms with Crippen molar-refractivity contribution >= 4 is 32.6 Å². The van der Waals surface area contributed by atoms with Crippen molar-refractivity contribution in [1.82, 2.24) is 9.55 Å². The van der Waals surface area contributed by atoms with Gasteiger partial charge in [0.1, 0.15) is 0 Å². The molecule has 35 heavy (non-hydrogen) atoms. The summed E-state index contributed by atoms with van der Waals surface area (Å²) in [5.41, 5.74) is 8.10. The molecule has 2 aromatic heterocycles. The zero-order valence-electron chi connectivity index (χ0n) is 19.1. The fourth-order valence-electron chi connectivity index (χ4n) is 5.32. The van der Waals surface area contributed by atoms with Crippen LogP contribution in [-0.4, -0.2) is 9.55 Å². The third-order valence-electron chi connectivity index (χ3n) is 6.87. The number of nitrogens with zero attached hydrogens (tertiary/aromatic N) is 2. The Bertz CT molecular complexity index is 1770. The van der Waals surface area contributed by atoms with Crippen LogP contribution in [-0.2, 0) is 0 Å². The van der Waals surface area contributed by atoms with Gasteiger partial charge >= 0.3 is 0 Å². The van der Waals surface area contributed by atoms with Crippen LogP contribution in [0.2, 0.25) is 0 Å². The van der Waals surface area contributed by atoms with Gasteiger partial charge in [-0.05, 0) is 22.6 Å². The Morgan fingerprint density at radius 3 is 1.71 bits per heavy atom. The number of hydrogen-bond donors (Lipinski definition) is 0. The van der Waals surface area contributed by atoms with Gasteiger partial charge in [0.15, 0.2) is 0 Å². The summed E-state index contributed by atoms with van der Waals surface area (Å²) in [6.07, 6.45) is 4.01. The van der Waals surface area contributed by atoms with Gasteiger partial charge < -0.3 is 4.57 Å². The van der Waals surface area contributed by atoms with Crippen LogP contribution in [0.4, 0.5) is 0 Å². The second kappa shape index (κ2) is 7.96. The Kier molecular flexibility index (Phi) is 4.49. The van der Waals surface area contributed by atoms with E-state index in [4.69, 9.17) is 4.98 Å². The quantitative estimate of drug-likeness (QED) is 0.265. The molecule has 0 amide bonds. The standard InChI is InChI=1S/C33H22N2/c1-3-11-23(12-4-1)29-21-34-22-30(24-13-5-2-6-14-24)33(29)35-31-18-10-9-17-27(31)28-20-19-25-15-7-8-16-26(25)32(28)35/h1-22H. The lowest BCUT2D eigenvalue weighted by Crippen LogP contribution is -2.02. The van der Waals surface area contributed by atoms with Gasteiger partial charge in [-0.3, -0.25) is 4.98 Å². The summed E-state index contributed by atoms with van der Waals surface area (Å²) >= 11 is 0. The number of rotatable bonds is 3. The van der Waals surface area contributed by atoms with E-state index >= 15 is 0 Å². The minimum absolute atomic E-state index is 1.11. The SMILES string of the molecule is c1ccc(-c2cncc(-c3ccccc3)c2-n2c3ccccc3c3ccc4ccccc4c32)cc1. The summed E-state index contributed by atoms with van der Waals surface area (Å²) in [6.45, 7) is 0. The molecule has 0 unspecified atom stereocenters. The number of hydrogen-bond acceptors (Lipinski definition) is 1. The monoisotopic (exact) mass is 446 g/mol. The molecule has 0 spiro atoms. The number of fused-ring (bicyclic) bond motifs is 5. The normalized spacial score (nSPS) is 11.4. The lowest BCUT2D eigenvalue weighted by Gasteiger charge is -2.19. The topological polar surface area (TPSA) is 17.8 Å². The van der Waals surface area contributed by atoms with E-state index in [1.165, 1.54) is 32.6 Å². The molecule has 0 aliphatic rings. The molecular formula is C33H22N2. The van der Waals surface area contributed by atoms with E-state index in [1.807, 2.05) is 12.4 Å². The van der Waals surface area contributed by atoms with Crippen LogP contribution < -0.4 is 0 Å². The predicted molar refractivity (Wildman–Crippen MR) is 147 cm³/mol. The Morgan fingerprint density at radius 2 is 1.03 bits per heavy atom. The van der Waals surface area contributed by atoms with Gasteiger partial charge in [0, 0.05) is 39.7 Å². The number of aromatic nitrogens is 2. The maximum absolute atomic E-state index is 4.72. The van der Waals surface area contributed by atoms with Crippen LogP contribution in [0.3, 0.4) is 0 Å². The van der Waals surface area contributed by atoms with Crippen molar-refractivity contribution in [2.24, 2.45) is 0 Å². The zero-order chi connectivity index (χ0) is 23.2. The van der Waals surface area contributed by atoms with Crippen LogP contribution in [0, 0.1) is 0 Å². The minimum atomic E-state index is 1.11. The van der Waals surface area contributed by atoms with Gasteiger partial charge in [-0.25, -0.2) is 0 Å². The smallest absolute Gasteiger partial charge is 0.0650 e. The van der Waals surface area contributed by atoms with Crippen LogP contribution in [0.25, 0.3) is 60.5 Å². The molecule has 0 fully saturated rings. The average Bonchev–Trinajstić information content (AvgIpc) is 3.28. The second-order valence-electron chi connectivity index (χ2n) is 8.85. The molecule has 0 aliphatic carbocycles. The van der Waals surface area contributed by atoms with E-state index in [2.05, 4.69) is 126 Å². The molecule has 0 bridgehead atoms. The molecule has 7 aromatic rings. The van der Waals surface area contributed by atoms with Crippen LogP contribution in [0.1, 0.15) is 0 Å². The average molecular weight is 447 g/mol. The first kappa shape index (κ1) is 19.7. The van der Waals surface area contributed by atoms with Crippen molar-refractivity contribution in [2.45, 2.75) is 0 Å². The molecule has 0 saturated carbocycles. The van der Waals surface area contributed by atoms with Crippen molar-refractivity contribution in [3.63, 3.8) is 0 Å². The summed E-state index contributed by atoms with van der Waals surface area (Å²) in [5, 5.41) is 4.99. The van der Waals surface area contributed by atoms with Gasteiger partial charge in [-0.15, -0.1) is 0 Å². The molecule has 7 rings (SSSR count). The van der Waals surface area contributed by atoms with E-state index in [1.54, 1.807) is 0 Å². The summed E-state index contributed by atoms with van der Waals surface area (Å²) in [6, 6.07) is 43.1. The highest BCUT2D eigenvalue weighted by molar-refractivity contribution is 6.19. The summed E-state index contributed by atoms with van der Waals surface area (Å²) in [7, 11) is 0. The zero-order valence-corrected chi connectivity index (χ0v) is 19.1. The first-order valence-electron chi connectivity index (χ1n) is 11.9. The molecule has 0 atom stereocenters. The van der Waals surface area contributed by atoms with E-state index in [0.717, 1.165) is 27.9 Å². The van der Waals surface area contributed by atoms with Crippen molar-refractivity contribution < 1.29 is 0 Å². The Balaban J connectivity index is 1.73. The molecule has 0 aliphatic heterocycles. The Morgan fingerprint density at radius 1 is 0.457 bits per heavy atom. The number of pyridine rings is 1. The molecule has 0 N–H and O–H groups in total. The van der Waals surface area contributed by atoms with Gasteiger partial charge in [0.2, 0.25) is 0 Å². The minimum Gasteiger partial charge on any atom is -0.307 e. The Labute approximate surface area is 203 Å². The van der Waals surface area contributed by atoms with Crippen LogP contribution >= 0.6 is 0 Å². The van der Waals surface area contributed by atoms with Gasteiger partial charge in [0.25, 0.3) is 0 Å². The number of para-hydroxylation sites is 1. The van der Waals surface area contributed by atoms with E-state index in [9.17, 15) is 0 Å². The first-order chi connectivity index (χ1) is 17.4. The highest BCUT2D eigenvalue weighted by atomic mass is 15.0. The summed E-state index contributed by atoms with van der Waals surface area (Å²) in [4.78, 5) is 4.72. The van der Waals surface area contributed by atoms with Crippen molar-refractivity contribution in [1.29, 1.82) is 0 Å². The molecule has 164 valence electrons. The highest BCUT2D eigenvalue weighted by Crippen LogP contribution is 2.42. The third kappa shape index (κ3) is 3.08. The van der Waals surface area contributed by atoms with Gasteiger partial charge in [-0.2, -0.15) is 0 Å². The molecule has 2 heterocycles. The highest BCUT2D eigenvalue weighted by Gasteiger charge is 2.21. The molecule has 5 aromatic carbocycles. The number of benzene rings is 5. The fourth-order valence-corrected chi connectivity index (χ4v) is 5.32. The first-order valence-corrected chi connectivity index (χ1v) is 11.9. The molecule has 2 nitrogen and oxygen atoms in total. The second-order valence-corrected chi connectivity index (χ2v) is 8.85. The van der Waals surface area contributed by atoms with Crippen molar-refractivity contribution in [3.8, 4) is 27.9 Å². The van der Waals surface area contributed by atoms with Crippen molar-refractivity contribution in [3.05, 3.63) is 134 Å². The van der Waals surface area contributed by atoms with E-state index < -0.39 is 0 Å². The van der Waals surface area contributed by atoms with Crippen LogP contribution in [0.5, 0.6) is 0 Å². The summed E-state index contributed by atoms with van der Waals surface area (Å²) in [5.74, 6) is 0. The maximum atomic E-state index is 4.72. The lowest BCUT2D eigenvalue weighted by atomic mass is 9.98. The lowest BCUT2D eigenvalue weighted by molar-refractivity contribution is 1.16. The maximum Gasteiger partial charge on any atom is 0.0650 e. The van der Waals surface area contributed by atoms with Gasteiger partial charge in [0.05, 0.1) is 16.7 Å². The third-order valence-corrected chi connectivity index (χ3v) is 6.87.